The molecule has 3 heterocycles. The number of morpholine rings is 1. The predicted molar refractivity (Wildman–Crippen MR) is 132 cm³/mol. The molecule has 3 aliphatic rings. The Hall–Kier alpha value is -3.57. The molecule has 0 aromatic heterocycles. The van der Waals surface area contributed by atoms with Crippen LogP contribution in [-0.4, -0.2) is 85.7 Å². The average molecular weight is 530 g/mol. The van der Waals surface area contributed by atoms with Crippen molar-refractivity contribution in [1.82, 2.24) is 9.80 Å². The number of hydrogen-bond acceptors (Lipinski definition) is 6. The molecule has 0 aliphatic carbocycles. The summed E-state index contributed by atoms with van der Waals surface area (Å²) in [6.45, 7) is 2.44. The van der Waals surface area contributed by atoms with Gasteiger partial charge in [-0.3, -0.25) is 14.4 Å². The lowest BCUT2D eigenvalue weighted by molar-refractivity contribution is -0.146. The second-order valence-corrected chi connectivity index (χ2v) is 9.66. The van der Waals surface area contributed by atoms with E-state index in [1.807, 2.05) is 0 Å². The van der Waals surface area contributed by atoms with Gasteiger partial charge in [0.1, 0.15) is 18.5 Å². The second-order valence-electron chi connectivity index (χ2n) is 9.66. The van der Waals surface area contributed by atoms with Crippen LogP contribution in [0.4, 0.5) is 14.5 Å². The first-order valence-electron chi connectivity index (χ1n) is 12.6. The molecule has 202 valence electrons. The molecule has 1 N–H and O–H groups in total. The van der Waals surface area contributed by atoms with Crippen LogP contribution in [-0.2, 0) is 14.3 Å². The Kier molecular flexibility index (Phi) is 7.57. The summed E-state index contributed by atoms with van der Waals surface area (Å²) < 4.78 is 44.3. The van der Waals surface area contributed by atoms with E-state index in [1.165, 1.54) is 12.1 Å². The minimum atomic E-state index is -1.13. The summed E-state index contributed by atoms with van der Waals surface area (Å²) >= 11 is 0. The minimum absolute atomic E-state index is 0.0382. The van der Waals surface area contributed by atoms with E-state index in [9.17, 15) is 23.2 Å². The minimum Gasteiger partial charge on any atom is -0.490 e. The third-order valence-electron chi connectivity index (χ3n) is 7.22. The molecule has 0 radical (unpaired) electrons. The Morgan fingerprint density at radius 2 is 1.84 bits per heavy atom. The van der Waals surface area contributed by atoms with Crippen molar-refractivity contribution in [3.63, 3.8) is 0 Å². The zero-order valence-corrected chi connectivity index (χ0v) is 21.0. The Labute approximate surface area is 218 Å². The highest BCUT2D eigenvalue weighted by molar-refractivity contribution is 6.05. The summed E-state index contributed by atoms with van der Waals surface area (Å²) in [7, 11) is 1.70. The summed E-state index contributed by atoms with van der Waals surface area (Å²) in [5, 5.41) is 2.61. The number of carbonyl (C=O) groups excluding carboxylic acids is 3. The molecule has 3 amide bonds. The SMILES string of the molecule is CN1C(=O)c2cc(NC(=O)c3ccc(F)c(F)c3)ccc2OC[C@H]2O[C@H](CC(=O)N3CCOCC3)CC[C@H]21. The first-order valence-corrected chi connectivity index (χ1v) is 12.6. The topological polar surface area (TPSA) is 97.4 Å². The number of likely N-dealkylation sites (N-methyl/N-ethyl adjacent to an activating group) is 1. The zero-order valence-electron chi connectivity index (χ0n) is 21.0. The van der Waals surface area contributed by atoms with Crippen molar-refractivity contribution in [3.8, 4) is 5.75 Å². The molecule has 11 heteroatoms. The lowest BCUT2D eigenvalue weighted by Crippen LogP contribution is -2.54. The average Bonchev–Trinajstić information content (AvgIpc) is 2.93. The number of fused-ring (bicyclic) bond motifs is 2. The Bertz CT molecular complexity index is 1240. The van der Waals surface area contributed by atoms with Crippen LogP contribution in [0.3, 0.4) is 0 Å². The van der Waals surface area contributed by atoms with E-state index in [1.54, 1.807) is 29.0 Å². The van der Waals surface area contributed by atoms with E-state index >= 15 is 0 Å². The Morgan fingerprint density at radius 3 is 2.61 bits per heavy atom. The van der Waals surface area contributed by atoms with Crippen molar-refractivity contribution in [1.29, 1.82) is 0 Å². The van der Waals surface area contributed by atoms with Gasteiger partial charge in [-0.25, -0.2) is 8.78 Å². The molecule has 0 unspecified atom stereocenters. The predicted octanol–water partition coefficient (Wildman–Crippen LogP) is 2.85. The molecule has 0 saturated carbocycles. The van der Waals surface area contributed by atoms with Gasteiger partial charge in [-0.05, 0) is 49.2 Å². The summed E-state index contributed by atoms with van der Waals surface area (Å²) in [5.41, 5.74) is 0.514. The molecule has 0 spiro atoms. The van der Waals surface area contributed by atoms with Gasteiger partial charge in [0.25, 0.3) is 11.8 Å². The first-order chi connectivity index (χ1) is 18.3. The van der Waals surface area contributed by atoms with E-state index in [0.717, 1.165) is 12.1 Å². The van der Waals surface area contributed by atoms with Crippen LogP contribution in [0.25, 0.3) is 0 Å². The molecule has 2 aromatic carbocycles. The highest BCUT2D eigenvalue weighted by Crippen LogP contribution is 2.33. The van der Waals surface area contributed by atoms with Gasteiger partial charge in [-0.15, -0.1) is 0 Å². The lowest BCUT2D eigenvalue weighted by Gasteiger charge is -2.42. The van der Waals surface area contributed by atoms with Crippen molar-refractivity contribution in [3.05, 3.63) is 59.2 Å². The van der Waals surface area contributed by atoms with Gasteiger partial charge < -0.3 is 29.3 Å². The van der Waals surface area contributed by atoms with Crippen LogP contribution < -0.4 is 10.1 Å². The van der Waals surface area contributed by atoms with Crippen molar-refractivity contribution >= 4 is 23.4 Å². The van der Waals surface area contributed by atoms with E-state index in [2.05, 4.69) is 5.32 Å². The number of anilines is 1. The maximum atomic E-state index is 13.5. The standard InChI is InChI=1S/C27H29F2N3O6/c1-31-22-6-4-18(14-25(33)32-8-10-36-11-9-32)38-24(22)15-37-23-7-3-17(13-19(23)27(31)35)30-26(34)16-2-5-20(28)21(29)12-16/h2-3,5,7,12-13,18,22,24H,4,6,8-11,14-15H2,1H3,(H,30,34)/t18-,22+,24+/m0/s1. The number of nitrogens with zero attached hydrogens (tertiary/aromatic N) is 2. The Morgan fingerprint density at radius 1 is 1.05 bits per heavy atom. The number of amides is 3. The number of nitrogens with one attached hydrogen (secondary N) is 1. The quantitative estimate of drug-likeness (QED) is 0.655. The highest BCUT2D eigenvalue weighted by atomic mass is 19.2. The molecule has 0 bridgehead atoms. The smallest absolute Gasteiger partial charge is 0.257 e. The molecular weight excluding hydrogens is 500 g/mol. The molecule has 2 aromatic rings. The van der Waals surface area contributed by atoms with Crippen LogP contribution in [0, 0.1) is 11.6 Å². The van der Waals surface area contributed by atoms with Crippen LogP contribution in [0.5, 0.6) is 5.75 Å². The molecule has 5 rings (SSSR count). The van der Waals surface area contributed by atoms with Crippen LogP contribution in [0.1, 0.15) is 40.0 Å². The number of ether oxygens (including phenoxy) is 3. The molecule has 9 nitrogen and oxygen atoms in total. The summed E-state index contributed by atoms with van der Waals surface area (Å²) in [6.07, 6.45) is 0.900. The lowest BCUT2D eigenvalue weighted by atomic mass is 9.94. The van der Waals surface area contributed by atoms with Crippen LogP contribution in [0.15, 0.2) is 36.4 Å². The largest absolute Gasteiger partial charge is 0.490 e. The van der Waals surface area contributed by atoms with Crippen molar-refractivity contribution < 1.29 is 37.4 Å². The number of benzene rings is 2. The van der Waals surface area contributed by atoms with Crippen molar-refractivity contribution in [2.45, 2.75) is 37.5 Å². The zero-order chi connectivity index (χ0) is 26.8. The van der Waals surface area contributed by atoms with Crippen LogP contribution in [0.2, 0.25) is 0 Å². The molecule has 2 fully saturated rings. The fourth-order valence-electron chi connectivity index (χ4n) is 5.08. The molecule has 2 saturated heterocycles. The van der Waals surface area contributed by atoms with Gasteiger partial charge in [-0.1, -0.05) is 0 Å². The number of halogens is 2. The van der Waals surface area contributed by atoms with Gasteiger partial charge in [0.15, 0.2) is 11.6 Å². The van der Waals surface area contributed by atoms with Crippen LogP contribution >= 0.6 is 0 Å². The number of carbonyl (C=O) groups is 3. The molecule has 3 atom stereocenters. The van der Waals surface area contributed by atoms with Gasteiger partial charge in [0.05, 0.1) is 37.3 Å². The molecular formula is C27H29F2N3O6. The van der Waals surface area contributed by atoms with Gasteiger partial charge in [0.2, 0.25) is 5.91 Å². The maximum absolute atomic E-state index is 13.5. The third kappa shape index (κ3) is 5.48. The Balaban J connectivity index is 1.27. The van der Waals surface area contributed by atoms with Gasteiger partial charge >= 0.3 is 0 Å². The number of hydrogen-bond donors (Lipinski definition) is 1. The van der Waals surface area contributed by atoms with Crippen molar-refractivity contribution in [2.24, 2.45) is 0 Å². The molecule has 38 heavy (non-hydrogen) atoms. The number of rotatable bonds is 4. The molecule has 3 aliphatic heterocycles. The van der Waals surface area contributed by atoms with E-state index in [-0.39, 0.29) is 48.1 Å². The van der Waals surface area contributed by atoms with Gasteiger partial charge in [0, 0.05) is 31.4 Å². The summed E-state index contributed by atoms with van der Waals surface area (Å²) in [4.78, 5) is 42.0. The van der Waals surface area contributed by atoms with E-state index in [0.29, 0.717) is 50.6 Å². The monoisotopic (exact) mass is 529 g/mol. The van der Waals surface area contributed by atoms with Gasteiger partial charge in [-0.2, -0.15) is 0 Å². The first kappa shape index (κ1) is 26.1. The van der Waals surface area contributed by atoms with E-state index in [4.69, 9.17) is 14.2 Å². The highest BCUT2D eigenvalue weighted by Gasteiger charge is 2.39. The van der Waals surface area contributed by atoms with E-state index < -0.39 is 23.6 Å². The fraction of sp³-hybridized carbons (Fsp3) is 0.444. The fourth-order valence-corrected chi connectivity index (χ4v) is 5.08. The maximum Gasteiger partial charge on any atom is 0.257 e. The summed E-state index contributed by atoms with van der Waals surface area (Å²) in [6, 6.07) is 7.26. The third-order valence-corrected chi connectivity index (χ3v) is 7.22. The normalized spacial score (nSPS) is 23.4. The second kappa shape index (κ2) is 11.0. The summed E-state index contributed by atoms with van der Waals surface area (Å²) in [5.74, 6) is -2.75. The van der Waals surface area contributed by atoms with Crippen molar-refractivity contribution in [2.75, 3.05) is 45.3 Å².